The van der Waals surface area contributed by atoms with E-state index in [1.54, 1.807) is 0 Å². The molecule has 0 radical (unpaired) electrons. The van der Waals surface area contributed by atoms with E-state index in [1.807, 2.05) is 48.5 Å². The zero-order valence-corrected chi connectivity index (χ0v) is 10.9. The molecule has 0 saturated carbocycles. The van der Waals surface area contributed by atoms with E-state index in [-0.39, 0.29) is 5.92 Å². The van der Waals surface area contributed by atoms with Gasteiger partial charge in [0, 0.05) is 12.2 Å². The molecule has 2 nitrogen and oxygen atoms in total. The fraction of sp³-hybridized carbons (Fsp3) is 0.235. The van der Waals surface area contributed by atoms with Crippen LogP contribution in [0, 0.1) is 17.2 Å². The normalized spacial score (nSPS) is 11.5. The molecule has 2 heteroatoms. The van der Waals surface area contributed by atoms with Gasteiger partial charge in [0.1, 0.15) is 0 Å². The number of nitrogens with zero attached hydrogens (tertiary/aromatic N) is 1. The van der Waals surface area contributed by atoms with Crippen LogP contribution in [0.2, 0.25) is 0 Å². The van der Waals surface area contributed by atoms with Gasteiger partial charge in [0.2, 0.25) is 0 Å². The molecule has 0 fully saturated rings. The molecular weight excluding hydrogens is 232 g/mol. The first-order chi connectivity index (χ1) is 9.38. The number of rotatable bonds is 6. The zero-order chi connectivity index (χ0) is 13.3. The minimum absolute atomic E-state index is 0.0420. The number of anilines is 1. The van der Waals surface area contributed by atoms with Gasteiger partial charge < -0.3 is 5.32 Å². The largest absolute Gasteiger partial charge is 0.384 e. The Morgan fingerprint density at radius 1 is 0.947 bits per heavy atom. The van der Waals surface area contributed by atoms with E-state index in [1.165, 1.54) is 5.56 Å². The summed E-state index contributed by atoms with van der Waals surface area (Å²) >= 11 is 0. The summed E-state index contributed by atoms with van der Waals surface area (Å²) in [5, 5.41) is 12.5. The maximum atomic E-state index is 9.19. The van der Waals surface area contributed by atoms with Gasteiger partial charge in [0.05, 0.1) is 12.0 Å². The molecule has 0 aromatic heterocycles. The van der Waals surface area contributed by atoms with Crippen LogP contribution in [0.4, 0.5) is 5.69 Å². The first kappa shape index (κ1) is 13.2. The standard InChI is InChI=1S/C17H18N2/c18-13-16(12-11-15-7-3-1-4-8-15)14-19-17-9-5-2-6-10-17/h1-10,16,19H,11-12,14H2. The molecule has 96 valence electrons. The van der Waals surface area contributed by atoms with Crippen molar-refractivity contribution in [2.24, 2.45) is 5.92 Å². The summed E-state index contributed by atoms with van der Waals surface area (Å²) in [7, 11) is 0. The van der Waals surface area contributed by atoms with Crippen LogP contribution < -0.4 is 5.32 Å². The summed E-state index contributed by atoms with van der Waals surface area (Å²) in [5.74, 6) is 0.0420. The summed E-state index contributed by atoms with van der Waals surface area (Å²) in [6.07, 6.45) is 1.84. The molecule has 0 spiro atoms. The molecule has 1 N–H and O–H groups in total. The van der Waals surface area contributed by atoms with Crippen LogP contribution in [-0.2, 0) is 6.42 Å². The number of aryl methyl sites for hydroxylation is 1. The minimum atomic E-state index is 0.0420. The lowest BCUT2D eigenvalue weighted by Crippen LogP contribution is -2.13. The summed E-state index contributed by atoms with van der Waals surface area (Å²) in [4.78, 5) is 0. The van der Waals surface area contributed by atoms with Crippen LogP contribution >= 0.6 is 0 Å². The van der Waals surface area contributed by atoms with Crippen molar-refractivity contribution in [3.05, 3.63) is 66.2 Å². The third-order valence-electron chi connectivity index (χ3n) is 3.13. The van der Waals surface area contributed by atoms with Crippen molar-refractivity contribution in [2.75, 3.05) is 11.9 Å². The minimum Gasteiger partial charge on any atom is -0.384 e. The molecule has 2 aromatic carbocycles. The van der Waals surface area contributed by atoms with Crippen molar-refractivity contribution in [3.63, 3.8) is 0 Å². The van der Waals surface area contributed by atoms with Crippen molar-refractivity contribution in [3.8, 4) is 6.07 Å². The van der Waals surface area contributed by atoms with Crippen molar-refractivity contribution in [2.45, 2.75) is 12.8 Å². The Labute approximate surface area is 114 Å². The third-order valence-corrected chi connectivity index (χ3v) is 3.13. The highest BCUT2D eigenvalue weighted by molar-refractivity contribution is 5.42. The van der Waals surface area contributed by atoms with Crippen molar-refractivity contribution >= 4 is 5.69 Å². The van der Waals surface area contributed by atoms with Gasteiger partial charge in [0.25, 0.3) is 0 Å². The highest BCUT2D eigenvalue weighted by Gasteiger charge is 2.07. The molecule has 2 aromatic rings. The Hall–Kier alpha value is -2.27. The van der Waals surface area contributed by atoms with Crippen LogP contribution in [0.1, 0.15) is 12.0 Å². The fourth-order valence-electron chi connectivity index (χ4n) is 1.99. The molecular formula is C17H18N2. The topological polar surface area (TPSA) is 35.8 Å². The van der Waals surface area contributed by atoms with Gasteiger partial charge in [-0.3, -0.25) is 0 Å². The van der Waals surface area contributed by atoms with Crippen LogP contribution in [0.3, 0.4) is 0 Å². The average Bonchev–Trinajstić information content (AvgIpc) is 2.49. The molecule has 1 atom stereocenters. The van der Waals surface area contributed by atoms with Gasteiger partial charge in [-0.2, -0.15) is 5.26 Å². The van der Waals surface area contributed by atoms with Gasteiger partial charge in [-0.15, -0.1) is 0 Å². The molecule has 0 bridgehead atoms. The van der Waals surface area contributed by atoms with E-state index >= 15 is 0 Å². The lowest BCUT2D eigenvalue weighted by atomic mass is 10.0. The predicted octanol–water partition coefficient (Wildman–Crippen LogP) is 3.87. The van der Waals surface area contributed by atoms with E-state index in [0.717, 1.165) is 18.5 Å². The maximum Gasteiger partial charge on any atom is 0.0674 e. The Morgan fingerprint density at radius 2 is 1.58 bits per heavy atom. The average molecular weight is 250 g/mol. The first-order valence-corrected chi connectivity index (χ1v) is 6.61. The van der Waals surface area contributed by atoms with Crippen molar-refractivity contribution in [1.29, 1.82) is 5.26 Å². The number of para-hydroxylation sites is 1. The van der Waals surface area contributed by atoms with E-state index < -0.39 is 0 Å². The molecule has 0 aliphatic carbocycles. The lowest BCUT2D eigenvalue weighted by molar-refractivity contribution is 0.630. The number of benzene rings is 2. The predicted molar refractivity (Wildman–Crippen MR) is 78.8 cm³/mol. The van der Waals surface area contributed by atoms with Crippen LogP contribution in [-0.4, -0.2) is 6.54 Å². The van der Waals surface area contributed by atoms with Gasteiger partial charge in [0.15, 0.2) is 0 Å². The molecule has 1 unspecified atom stereocenters. The molecule has 0 saturated heterocycles. The Kier molecular flexibility index (Phi) is 5.01. The number of nitriles is 1. The van der Waals surface area contributed by atoms with Crippen LogP contribution in [0.15, 0.2) is 60.7 Å². The number of hydrogen-bond acceptors (Lipinski definition) is 2. The number of hydrogen-bond donors (Lipinski definition) is 1. The molecule has 0 heterocycles. The Morgan fingerprint density at radius 3 is 2.21 bits per heavy atom. The monoisotopic (exact) mass is 250 g/mol. The Balaban J connectivity index is 1.80. The van der Waals surface area contributed by atoms with Crippen molar-refractivity contribution < 1.29 is 0 Å². The molecule has 0 aliphatic rings. The second kappa shape index (κ2) is 7.23. The zero-order valence-electron chi connectivity index (χ0n) is 10.9. The van der Waals surface area contributed by atoms with Crippen LogP contribution in [0.25, 0.3) is 0 Å². The SMILES string of the molecule is N#CC(CCc1ccccc1)CNc1ccccc1. The van der Waals surface area contributed by atoms with E-state index in [0.29, 0.717) is 6.54 Å². The summed E-state index contributed by atoms with van der Waals surface area (Å²) in [5.41, 5.74) is 2.37. The molecule has 0 amide bonds. The molecule has 2 rings (SSSR count). The van der Waals surface area contributed by atoms with Gasteiger partial charge in [-0.25, -0.2) is 0 Å². The first-order valence-electron chi connectivity index (χ1n) is 6.61. The van der Waals surface area contributed by atoms with E-state index in [2.05, 4.69) is 23.5 Å². The van der Waals surface area contributed by atoms with Crippen molar-refractivity contribution in [1.82, 2.24) is 0 Å². The molecule has 0 aliphatic heterocycles. The molecule has 19 heavy (non-hydrogen) atoms. The summed E-state index contributed by atoms with van der Waals surface area (Å²) in [6, 6.07) is 22.7. The van der Waals surface area contributed by atoms with Crippen LogP contribution in [0.5, 0.6) is 0 Å². The summed E-state index contributed by atoms with van der Waals surface area (Å²) in [6.45, 7) is 0.702. The summed E-state index contributed by atoms with van der Waals surface area (Å²) < 4.78 is 0. The van der Waals surface area contributed by atoms with Gasteiger partial charge in [-0.05, 0) is 30.5 Å². The third kappa shape index (κ3) is 4.48. The van der Waals surface area contributed by atoms with E-state index in [4.69, 9.17) is 0 Å². The Bertz CT molecular complexity index is 470. The maximum absolute atomic E-state index is 9.19. The van der Waals surface area contributed by atoms with E-state index in [9.17, 15) is 5.26 Å². The quantitative estimate of drug-likeness (QED) is 0.844. The lowest BCUT2D eigenvalue weighted by Gasteiger charge is -2.11. The second-order valence-electron chi connectivity index (χ2n) is 4.60. The fourth-order valence-corrected chi connectivity index (χ4v) is 1.99. The highest BCUT2D eigenvalue weighted by atomic mass is 14.9. The van der Waals surface area contributed by atoms with Gasteiger partial charge >= 0.3 is 0 Å². The number of nitrogens with one attached hydrogen (secondary N) is 1. The van der Waals surface area contributed by atoms with Gasteiger partial charge in [-0.1, -0.05) is 48.5 Å². The smallest absolute Gasteiger partial charge is 0.0674 e. The second-order valence-corrected chi connectivity index (χ2v) is 4.60. The highest BCUT2D eigenvalue weighted by Crippen LogP contribution is 2.11.